The SMILES string of the molecule is CSCCNS(=O)(=O)c1ccc(N)cc1. The van der Waals surface area contributed by atoms with Gasteiger partial charge in [-0.05, 0) is 30.5 Å². The fraction of sp³-hybridized carbons (Fsp3) is 0.333. The molecule has 0 heterocycles. The predicted molar refractivity (Wildman–Crippen MR) is 64.4 cm³/mol. The maximum Gasteiger partial charge on any atom is 0.240 e. The molecule has 1 aromatic rings. The number of nitrogen functional groups attached to an aromatic ring is 1. The summed E-state index contributed by atoms with van der Waals surface area (Å²) in [6.07, 6.45) is 1.93. The van der Waals surface area contributed by atoms with Crippen LogP contribution in [-0.4, -0.2) is 27.0 Å². The third-order valence-electron chi connectivity index (χ3n) is 1.79. The number of benzene rings is 1. The minimum Gasteiger partial charge on any atom is -0.399 e. The lowest BCUT2D eigenvalue weighted by atomic mass is 10.3. The minimum absolute atomic E-state index is 0.248. The second-order valence-electron chi connectivity index (χ2n) is 2.96. The molecule has 0 aromatic heterocycles. The van der Waals surface area contributed by atoms with Crippen LogP contribution in [0, 0.1) is 0 Å². The topological polar surface area (TPSA) is 72.2 Å². The Morgan fingerprint density at radius 1 is 1.33 bits per heavy atom. The van der Waals surface area contributed by atoms with E-state index in [2.05, 4.69) is 4.72 Å². The van der Waals surface area contributed by atoms with Crippen LogP contribution in [0.4, 0.5) is 5.69 Å². The standard InChI is InChI=1S/C9H14N2O2S2/c1-14-7-6-11-15(12,13)9-4-2-8(10)3-5-9/h2-5,11H,6-7,10H2,1H3. The molecule has 0 aliphatic rings. The molecule has 4 nitrogen and oxygen atoms in total. The van der Waals surface area contributed by atoms with Crippen molar-refractivity contribution in [2.75, 3.05) is 24.3 Å². The van der Waals surface area contributed by atoms with Gasteiger partial charge in [0.2, 0.25) is 10.0 Å². The normalized spacial score (nSPS) is 11.5. The quantitative estimate of drug-likeness (QED) is 0.598. The van der Waals surface area contributed by atoms with Gasteiger partial charge in [0.1, 0.15) is 0 Å². The Hall–Kier alpha value is -0.720. The molecule has 0 atom stereocenters. The average Bonchev–Trinajstić information content (AvgIpc) is 2.18. The third-order valence-corrected chi connectivity index (χ3v) is 3.88. The van der Waals surface area contributed by atoms with Gasteiger partial charge in [-0.1, -0.05) is 0 Å². The molecule has 0 fully saturated rings. The Morgan fingerprint density at radius 3 is 2.47 bits per heavy atom. The monoisotopic (exact) mass is 246 g/mol. The summed E-state index contributed by atoms with van der Waals surface area (Å²) < 4.78 is 25.8. The number of thioether (sulfide) groups is 1. The van der Waals surface area contributed by atoms with E-state index >= 15 is 0 Å². The molecule has 0 bridgehead atoms. The highest BCUT2D eigenvalue weighted by Crippen LogP contribution is 2.11. The van der Waals surface area contributed by atoms with Crippen LogP contribution in [0.25, 0.3) is 0 Å². The molecule has 0 aliphatic heterocycles. The van der Waals surface area contributed by atoms with Crippen LogP contribution < -0.4 is 10.5 Å². The molecule has 0 saturated carbocycles. The summed E-state index contributed by atoms with van der Waals surface area (Å²) in [6.45, 7) is 0.438. The van der Waals surface area contributed by atoms with Crippen molar-refractivity contribution < 1.29 is 8.42 Å². The second-order valence-corrected chi connectivity index (χ2v) is 5.71. The van der Waals surface area contributed by atoms with Gasteiger partial charge in [0.15, 0.2) is 0 Å². The molecular weight excluding hydrogens is 232 g/mol. The Bertz CT molecular complexity index is 401. The van der Waals surface area contributed by atoms with Crippen molar-refractivity contribution in [3.8, 4) is 0 Å². The van der Waals surface area contributed by atoms with E-state index < -0.39 is 10.0 Å². The third kappa shape index (κ3) is 3.73. The Balaban J connectivity index is 2.73. The van der Waals surface area contributed by atoms with E-state index in [1.165, 1.54) is 12.1 Å². The van der Waals surface area contributed by atoms with Gasteiger partial charge >= 0.3 is 0 Å². The molecule has 0 radical (unpaired) electrons. The van der Waals surface area contributed by atoms with Crippen molar-refractivity contribution in [1.29, 1.82) is 0 Å². The highest BCUT2D eigenvalue weighted by molar-refractivity contribution is 7.98. The summed E-state index contributed by atoms with van der Waals surface area (Å²) in [5.74, 6) is 0.758. The molecule has 6 heteroatoms. The summed E-state index contributed by atoms with van der Waals surface area (Å²) in [4.78, 5) is 0.248. The summed E-state index contributed by atoms with van der Waals surface area (Å²) >= 11 is 1.59. The van der Waals surface area contributed by atoms with Crippen LogP contribution in [-0.2, 0) is 10.0 Å². The molecule has 1 rings (SSSR count). The highest BCUT2D eigenvalue weighted by Gasteiger charge is 2.11. The van der Waals surface area contributed by atoms with Crippen molar-refractivity contribution >= 4 is 27.5 Å². The van der Waals surface area contributed by atoms with Gasteiger partial charge in [0.05, 0.1) is 4.90 Å². The molecule has 15 heavy (non-hydrogen) atoms. The van der Waals surface area contributed by atoms with Crippen LogP contribution in [0.15, 0.2) is 29.2 Å². The number of hydrogen-bond donors (Lipinski definition) is 2. The van der Waals surface area contributed by atoms with E-state index in [0.29, 0.717) is 12.2 Å². The van der Waals surface area contributed by atoms with Gasteiger partial charge in [-0.15, -0.1) is 0 Å². The van der Waals surface area contributed by atoms with E-state index in [-0.39, 0.29) is 4.90 Å². The zero-order valence-electron chi connectivity index (χ0n) is 8.43. The first-order valence-electron chi connectivity index (χ1n) is 4.40. The maximum absolute atomic E-state index is 11.7. The number of rotatable bonds is 5. The number of nitrogens with two attached hydrogens (primary N) is 1. The Labute approximate surface area is 94.3 Å². The maximum atomic E-state index is 11.7. The van der Waals surface area contributed by atoms with E-state index in [1.807, 2.05) is 6.26 Å². The van der Waals surface area contributed by atoms with E-state index in [0.717, 1.165) is 5.75 Å². The zero-order chi connectivity index (χ0) is 11.3. The minimum atomic E-state index is -3.37. The number of sulfonamides is 1. The Morgan fingerprint density at radius 2 is 1.93 bits per heavy atom. The predicted octanol–water partition coefficient (Wildman–Crippen LogP) is 0.910. The van der Waals surface area contributed by atoms with E-state index in [1.54, 1.807) is 23.9 Å². The van der Waals surface area contributed by atoms with Crippen molar-refractivity contribution in [1.82, 2.24) is 4.72 Å². The number of nitrogens with one attached hydrogen (secondary N) is 1. The molecule has 84 valence electrons. The second kappa shape index (κ2) is 5.39. The summed E-state index contributed by atoms with van der Waals surface area (Å²) in [5, 5.41) is 0. The summed E-state index contributed by atoms with van der Waals surface area (Å²) in [6, 6.07) is 6.14. The van der Waals surface area contributed by atoms with Crippen LogP contribution >= 0.6 is 11.8 Å². The van der Waals surface area contributed by atoms with Gasteiger partial charge in [0.25, 0.3) is 0 Å². The first kappa shape index (κ1) is 12.4. The van der Waals surface area contributed by atoms with Gasteiger partial charge in [-0.25, -0.2) is 13.1 Å². The summed E-state index contributed by atoms with van der Waals surface area (Å²) in [5.41, 5.74) is 6.03. The molecule has 0 unspecified atom stereocenters. The van der Waals surface area contributed by atoms with Crippen LogP contribution in [0.1, 0.15) is 0 Å². The number of anilines is 1. The van der Waals surface area contributed by atoms with Gasteiger partial charge in [-0.2, -0.15) is 11.8 Å². The average molecular weight is 246 g/mol. The molecule has 0 aliphatic carbocycles. The van der Waals surface area contributed by atoms with Crippen LogP contribution in [0.2, 0.25) is 0 Å². The van der Waals surface area contributed by atoms with E-state index in [4.69, 9.17) is 5.73 Å². The molecule has 1 aromatic carbocycles. The van der Waals surface area contributed by atoms with Crippen molar-refractivity contribution in [3.63, 3.8) is 0 Å². The van der Waals surface area contributed by atoms with Crippen molar-refractivity contribution in [3.05, 3.63) is 24.3 Å². The first-order chi connectivity index (χ1) is 7.06. The lowest BCUT2D eigenvalue weighted by molar-refractivity contribution is 0.584. The molecule has 0 spiro atoms. The molecule has 0 saturated heterocycles. The summed E-state index contributed by atoms with van der Waals surface area (Å²) in [7, 11) is -3.37. The first-order valence-corrected chi connectivity index (χ1v) is 7.28. The Kier molecular flexibility index (Phi) is 4.44. The molecule has 0 amide bonds. The van der Waals surface area contributed by atoms with Crippen molar-refractivity contribution in [2.45, 2.75) is 4.90 Å². The highest BCUT2D eigenvalue weighted by atomic mass is 32.2. The largest absolute Gasteiger partial charge is 0.399 e. The van der Waals surface area contributed by atoms with Crippen molar-refractivity contribution in [2.24, 2.45) is 0 Å². The molecule has 3 N–H and O–H groups in total. The fourth-order valence-corrected chi connectivity index (χ4v) is 2.48. The fourth-order valence-electron chi connectivity index (χ4n) is 1.01. The lowest BCUT2D eigenvalue weighted by Crippen LogP contribution is -2.25. The van der Waals surface area contributed by atoms with Gasteiger partial charge in [-0.3, -0.25) is 0 Å². The van der Waals surface area contributed by atoms with Crippen LogP contribution in [0.5, 0.6) is 0 Å². The lowest BCUT2D eigenvalue weighted by Gasteiger charge is -2.05. The number of hydrogen-bond acceptors (Lipinski definition) is 4. The van der Waals surface area contributed by atoms with Crippen LogP contribution in [0.3, 0.4) is 0 Å². The zero-order valence-corrected chi connectivity index (χ0v) is 10.1. The van der Waals surface area contributed by atoms with E-state index in [9.17, 15) is 8.42 Å². The van der Waals surface area contributed by atoms with Gasteiger partial charge in [0, 0.05) is 18.0 Å². The molecular formula is C9H14N2O2S2. The smallest absolute Gasteiger partial charge is 0.240 e. The van der Waals surface area contributed by atoms with Gasteiger partial charge < -0.3 is 5.73 Å².